The molecule has 0 unspecified atom stereocenters. The summed E-state index contributed by atoms with van der Waals surface area (Å²) in [6.07, 6.45) is 0.947. The molecule has 0 saturated carbocycles. The first kappa shape index (κ1) is 20.4. The van der Waals surface area contributed by atoms with Gasteiger partial charge in [-0.05, 0) is 20.8 Å². The Bertz CT molecular complexity index is 497. The molecule has 0 radical (unpaired) electrons. The van der Waals surface area contributed by atoms with Crippen LogP contribution in [0.5, 0.6) is 0 Å². The van der Waals surface area contributed by atoms with Gasteiger partial charge in [0, 0.05) is 19.2 Å². The lowest BCUT2D eigenvalue weighted by Crippen LogP contribution is -2.34. The maximum atomic E-state index is 11.4. The summed E-state index contributed by atoms with van der Waals surface area (Å²) in [5.41, 5.74) is -0.496. The largest absolute Gasteiger partial charge is 0.444 e. The number of alkyl carbamates (subject to hydrolysis) is 1. The second-order valence-electron chi connectivity index (χ2n) is 5.81. The van der Waals surface area contributed by atoms with Crippen LogP contribution in [0.15, 0.2) is 12.4 Å². The van der Waals surface area contributed by atoms with Crippen molar-refractivity contribution < 1.29 is 19.0 Å². The summed E-state index contributed by atoms with van der Waals surface area (Å²) >= 11 is 5.75. The second-order valence-corrected chi connectivity index (χ2v) is 6.19. The minimum Gasteiger partial charge on any atom is -0.444 e. The van der Waals surface area contributed by atoms with Gasteiger partial charge in [0.15, 0.2) is 0 Å². The first-order valence-electron chi connectivity index (χ1n) is 7.70. The van der Waals surface area contributed by atoms with E-state index in [1.807, 2.05) is 20.8 Å². The van der Waals surface area contributed by atoms with E-state index in [1.165, 1.54) is 6.33 Å². The number of carbonyl (C=O) groups is 1. The van der Waals surface area contributed by atoms with Gasteiger partial charge in [-0.2, -0.15) is 0 Å². The van der Waals surface area contributed by atoms with Crippen molar-refractivity contribution in [3.05, 3.63) is 17.5 Å². The van der Waals surface area contributed by atoms with Crippen LogP contribution in [0.4, 0.5) is 10.6 Å². The van der Waals surface area contributed by atoms with Gasteiger partial charge in [-0.15, -0.1) is 0 Å². The molecule has 0 aliphatic rings. The van der Waals surface area contributed by atoms with Crippen LogP contribution in [0.2, 0.25) is 5.15 Å². The van der Waals surface area contributed by atoms with Crippen LogP contribution >= 0.6 is 11.6 Å². The number of carbonyl (C=O) groups excluding carboxylic acids is 1. The Morgan fingerprint density at radius 1 is 1.12 bits per heavy atom. The molecule has 0 bridgehead atoms. The lowest BCUT2D eigenvalue weighted by molar-refractivity contribution is 0.0415. The Morgan fingerprint density at radius 3 is 2.42 bits per heavy atom. The molecule has 1 rings (SSSR count). The lowest BCUT2D eigenvalue weighted by Gasteiger charge is -2.19. The fourth-order valence-corrected chi connectivity index (χ4v) is 1.69. The van der Waals surface area contributed by atoms with Gasteiger partial charge in [-0.1, -0.05) is 11.6 Å². The summed E-state index contributed by atoms with van der Waals surface area (Å²) < 4.78 is 15.8. The van der Waals surface area contributed by atoms with Crippen molar-refractivity contribution in [2.45, 2.75) is 26.4 Å². The molecule has 0 aliphatic heterocycles. The van der Waals surface area contributed by atoms with E-state index in [0.29, 0.717) is 50.5 Å². The number of nitrogens with one attached hydrogen (secondary N) is 2. The van der Waals surface area contributed by atoms with Crippen LogP contribution in [-0.4, -0.2) is 61.2 Å². The van der Waals surface area contributed by atoms with Gasteiger partial charge in [0.1, 0.15) is 22.9 Å². The normalized spacial score (nSPS) is 11.2. The highest BCUT2D eigenvalue weighted by Gasteiger charge is 2.15. The molecule has 1 amide bonds. The van der Waals surface area contributed by atoms with Crippen LogP contribution in [-0.2, 0) is 14.2 Å². The third-order valence-electron chi connectivity index (χ3n) is 2.47. The topological polar surface area (TPSA) is 94.6 Å². The smallest absolute Gasteiger partial charge is 0.407 e. The van der Waals surface area contributed by atoms with Crippen molar-refractivity contribution in [2.24, 2.45) is 0 Å². The molecule has 1 aromatic heterocycles. The van der Waals surface area contributed by atoms with Gasteiger partial charge in [0.05, 0.1) is 26.4 Å². The molecule has 0 spiro atoms. The molecule has 2 N–H and O–H groups in total. The molecule has 1 heterocycles. The van der Waals surface area contributed by atoms with Gasteiger partial charge in [-0.25, -0.2) is 14.8 Å². The van der Waals surface area contributed by atoms with Crippen LogP contribution in [0.1, 0.15) is 20.8 Å². The standard InChI is InChI=1S/C15H25ClN4O4/c1-15(2,3)24-14(21)18-5-7-23-9-8-22-6-4-17-13-10-12(16)19-11-20-13/h10-11H,4-9H2,1-3H3,(H,18,21)(H,17,19,20). The SMILES string of the molecule is CC(C)(C)OC(=O)NCCOCCOCCNc1cc(Cl)ncn1. The molecule has 0 atom stereocenters. The third kappa shape index (κ3) is 11.0. The van der Waals surface area contributed by atoms with Gasteiger partial charge in [-0.3, -0.25) is 0 Å². The number of aromatic nitrogens is 2. The molecular formula is C15H25ClN4O4. The predicted molar refractivity (Wildman–Crippen MR) is 91.4 cm³/mol. The Morgan fingerprint density at radius 2 is 1.79 bits per heavy atom. The average Bonchev–Trinajstić information content (AvgIpc) is 2.47. The fraction of sp³-hybridized carbons (Fsp3) is 0.667. The van der Waals surface area contributed by atoms with Gasteiger partial charge in [0.2, 0.25) is 0 Å². The summed E-state index contributed by atoms with van der Waals surface area (Å²) in [6, 6.07) is 1.64. The van der Waals surface area contributed by atoms with Crippen molar-refractivity contribution in [2.75, 3.05) is 44.8 Å². The predicted octanol–water partition coefficient (Wildman–Crippen LogP) is 2.10. The molecule has 0 fully saturated rings. The van der Waals surface area contributed by atoms with Crippen molar-refractivity contribution in [3.63, 3.8) is 0 Å². The van der Waals surface area contributed by atoms with E-state index in [9.17, 15) is 4.79 Å². The summed E-state index contributed by atoms with van der Waals surface area (Å²) in [5.74, 6) is 0.656. The van der Waals surface area contributed by atoms with E-state index < -0.39 is 11.7 Å². The minimum absolute atomic E-state index is 0.391. The Balaban J connectivity index is 1.90. The Hall–Kier alpha value is -1.64. The van der Waals surface area contributed by atoms with Crippen molar-refractivity contribution in [3.8, 4) is 0 Å². The minimum atomic E-state index is -0.496. The molecule has 136 valence electrons. The zero-order valence-electron chi connectivity index (χ0n) is 14.3. The first-order valence-corrected chi connectivity index (χ1v) is 8.08. The van der Waals surface area contributed by atoms with E-state index in [2.05, 4.69) is 20.6 Å². The number of rotatable bonds is 10. The van der Waals surface area contributed by atoms with E-state index in [4.69, 9.17) is 25.8 Å². The summed E-state index contributed by atoms with van der Waals surface area (Å²) in [6.45, 7) is 8.28. The van der Waals surface area contributed by atoms with Crippen LogP contribution < -0.4 is 10.6 Å². The van der Waals surface area contributed by atoms with Crippen LogP contribution in [0.3, 0.4) is 0 Å². The van der Waals surface area contributed by atoms with E-state index >= 15 is 0 Å². The molecule has 0 aromatic carbocycles. The number of hydrogen-bond acceptors (Lipinski definition) is 7. The number of hydrogen-bond donors (Lipinski definition) is 2. The fourth-order valence-electron chi connectivity index (χ4n) is 1.54. The highest BCUT2D eigenvalue weighted by atomic mass is 35.5. The zero-order valence-corrected chi connectivity index (χ0v) is 15.1. The molecule has 9 heteroatoms. The molecule has 1 aromatic rings. The van der Waals surface area contributed by atoms with Crippen molar-refractivity contribution in [1.82, 2.24) is 15.3 Å². The molecule has 24 heavy (non-hydrogen) atoms. The van der Waals surface area contributed by atoms with Crippen LogP contribution in [0, 0.1) is 0 Å². The summed E-state index contributed by atoms with van der Waals surface area (Å²) in [7, 11) is 0. The van der Waals surface area contributed by atoms with E-state index in [1.54, 1.807) is 6.07 Å². The molecular weight excluding hydrogens is 336 g/mol. The van der Waals surface area contributed by atoms with E-state index in [0.717, 1.165) is 0 Å². The highest BCUT2D eigenvalue weighted by Crippen LogP contribution is 2.07. The van der Waals surface area contributed by atoms with Crippen LogP contribution in [0.25, 0.3) is 0 Å². The van der Waals surface area contributed by atoms with Gasteiger partial charge >= 0.3 is 6.09 Å². The summed E-state index contributed by atoms with van der Waals surface area (Å²) in [4.78, 5) is 19.2. The quantitative estimate of drug-likeness (QED) is 0.487. The number of amides is 1. The molecule has 0 saturated heterocycles. The molecule has 0 aliphatic carbocycles. The number of halogens is 1. The van der Waals surface area contributed by atoms with Crippen molar-refractivity contribution >= 4 is 23.5 Å². The van der Waals surface area contributed by atoms with E-state index in [-0.39, 0.29) is 0 Å². The van der Waals surface area contributed by atoms with Crippen molar-refractivity contribution in [1.29, 1.82) is 0 Å². The average molecular weight is 361 g/mol. The van der Waals surface area contributed by atoms with Gasteiger partial charge in [0.25, 0.3) is 0 Å². The Kier molecular flexibility index (Phi) is 9.36. The first-order chi connectivity index (χ1) is 11.4. The summed E-state index contributed by atoms with van der Waals surface area (Å²) in [5, 5.41) is 6.07. The number of nitrogens with zero attached hydrogens (tertiary/aromatic N) is 2. The number of anilines is 1. The maximum Gasteiger partial charge on any atom is 0.407 e. The Labute approximate surface area is 147 Å². The highest BCUT2D eigenvalue weighted by molar-refractivity contribution is 6.29. The monoisotopic (exact) mass is 360 g/mol. The lowest BCUT2D eigenvalue weighted by atomic mass is 10.2. The van der Waals surface area contributed by atoms with Gasteiger partial charge < -0.3 is 24.8 Å². The molecule has 8 nitrogen and oxygen atoms in total. The number of ether oxygens (including phenoxy) is 3. The second kappa shape index (κ2) is 11.0. The zero-order chi connectivity index (χ0) is 17.8. The third-order valence-corrected chi connectivity index (χ3v) is 2.68. The maximum absolute atomic E-state index is 11.4.